The highest BCUT2D eigenvalue weighted by atomic mass is 16.4. The molecule has 0 spiro atoms. The first-order valence-corrected chi connectivity index (χ1v) is 7.90. The number of likely N-dealkylation sites (tertiary alicyclic amines) is 1. The summed E-state index contributed by atoms with van der Waals surface area (Å²) in [5.41, 5.74) is -0.644. The first-order valence-electron chi connectivity index (χ1n) is 7.90. The Morgan fingerprint density at radius 2 is 1.96 bits per heavy atom. The highest BCUT2D eigenvalue weighted by Gasteiger charge is 2.51. The van der Waals surface area contributed by atoms with Gasteiger partial charge in [0.05, 0.1) is 0 Å². The molecule has 1 aromatic carbocycles. The Balaban J connectivity index is 1.80. The van der Waals surface area contributed by atoms with Crippen molar-refractivity contribution in [2.75, 3.05) is 19.6 Å². The van der Waals surface area contributed by atoms with Crippen LogP contribution in [-0.2, 0) is 9.59 Å². The van der Waals surface area contributed by atoms with E-state index >= 15 is 0 Å². The van der Waals surface area contributed by atoms with Gasteiger partial charge in [-0.2, -0.15) is 0 Å². The first-order chi connectivity index (χ1) is 11.0. The molecular weight excluding hydrogens is 296 g/mol. The van der Waals surface area contributed by atoms with Gasteiger partial charge >= 0.3 is 5.97 Å². The first kappa shape index (κ1) is 15.7. The zero-order valence-electron chi connectivity index (χ0n) is 12.8. The van der Waals surface area contributed by atoms with Crippen LogP contribution < -0.4 is 5.32 Å². The third-order valence-electron chi connectivity index (χ3n) is 4.96. The van der Waals surface area contributed by atoms with Gasteiger partial charge < -0.3 is 15.3 Å². The van der Waals surface area contributed by atoms with Gasteiger partial charge in [0.2, 0.25) is 5.78 Å². The minimum Gasteiger partial charge on any atom is -0.481 e. The van der Waals surface area contributed by atoms with E-state index in [9.17, 15) is 19.5 Å². The van der Waals surface area contributed by atoms with E-state index in [-0.39, 0.29) is 12.6 Å². The second kappa shape index (κ2) is 6.12. The van der Waals surface area contributed by atoms with E-state index in [4.69, 9.17) is 0 Å². The van der Waals surface area contributed by atoms with Crippen LogP contribution in [0.25, 0.3) is 0 Å². The lowest BCUT2D eigenvalue weighted by atomic mass is 9.70. The number of rotatable bonds is 3. The molecule has 2 N–H and O–H groups in total. The Morgan fingerprint density at radius 3 is 2.65 bits per heavy atom. The van der Waals surface area contributed by atoms with Crippen molar-refractivity contribution in [3.05, 3.63) is 35.9 Å². The molecule has 2 heterocycles. The molecule has 122 valence electrons. The second-order valence-electron chi connectivity index (χ2n) is 6.28. The third-order valence-corrected chi connectivity index (χ3v) is 4.96. The molecule has 0 bridgehead atoms. The van der Waals surface area contributed by atoms with Crippen molar-refractivity contribution in [2.24, 2.45) is 5.41 Å². The van der Waals surface area contributed by atoms with Gasteiger partial charge in [0.15, 0.2) is 0 Å². The van der Waals surface area contributed by atoms with Crippen LogP contribution >= 0.6 is 0 Å². The maximum Gasteiger partial charge on any atom is 0.313 e. The molecule has 6 nitrogen and oxygen atoms in total. The van der Waals surface area contributed by atoms with Gasteiger partial charge in [0.25, 0.3) is 5.91 Å². The van der Waals surface area contributed by atoms with Crippen molar-refractivity contribution in [1.82, 2.24) is 10.2 Å². The number of ketones is 1. The lowest BCUT2D eigenvalue weighted by Gasteiger charge is -2.48. The molecule has 0 unspecified atom stereocenters. The van der Waals surface area contributed by atoms with Gasteiger partial charge in [-0.3, -0.25) is 14.4 Å². The monoisotopic (exact) mass is 316 g/mol. The number of nitrogens with zero attached hydrogens (tertiary/aromatic N) is 1. The van der Waals surface area contributed by atoms with Crippen molar-refractivity contribution in [2.45, 2.75) is 25.3 Å². The number of fused-ring (bicyclic) bond motifs is 1. The van der Waals surface area contributed by atoms with Gasteiger partial charge in [-0.1, -0.05) is 30.3 Å². The number of amides is 1. The highest BCUT2D eigenvalue weighted by Crippen LogP contribution is 2.38. The lowest BCUT2D eigenvalue weighted by Crippen LogP contribution is -2.64. The van der Waals surface area contributed by atoms with Crippen molar-refractivity contribution < 1.29 is 19.5 Å². The summed E-state index contributed by atoms with van der Waals surface area (Å²) in [7, 11) is 0. The largest absolute Gasteiger partial charge is 0.481 e. The molecule has 6 heteroatoms. The van der Waals surface area contributed by atoms with Crippen LogP contribution in [0.3, 0.4) is 0 Å². The summed E-state index contributed by atoms with van der Waals surface area (Å²) in [6, 6.07) is 8.25. The van der Waals surface area contributed by atoms with Crippen LogP contribution in [0.4, 0.5) is 0 Å². The molecule has 2 aliphatic rings. The molecule has 1 amide bonds. The van der Waals surface area contributed by atoms with Gasteiger partial charge in [-0.15, -0.1) is 0 Å². The molecule has 0 saturated carbocycles. The second-order valence-corrected chi connectivity index (χ2v) is 6.28. The zero-order chi connectivity index (χ0) is 16.4. The number of carboxylic acids is 1. The number of benzene rings is 1. The van der Waals surface area contributed by atoms with Crippen molar-refractivity contribution >= 4 is 17.7 Å². The van der Waals surface area contributed by atoms with E-state index in [1.807, 2.05) is 0 Å². The third kappa shape index (κ3) is 2.74. The molecule has 1 aromatic rings. The topological polar surface area (TPSA) is 86.7 Å². The highest BCUT2D eigenvalue weighted by molar-refractivity contribution is 6.42. The summed E-state index contributed by atoms with van der Waals surface area (Å²) in [5.74, 6) is -2.08. The van der Waals surface area contributed by atoms with Crippen LogP contribution in [0.1, 0.15) is 29.6 Å². The number of carbonyl (C=O) groups excluding carboxylic acids is 2. The Kier molecular flexibility index (Phi) is 4.17. The standard InChI is InChI=1S/C17H20N2O4/c20-14(12-5-2-1-3-6-12)15(21)19-10-7-13-17(11-19,16(22)23)8-4-9-18-13/h1-3,5-6,13,18H,4,7-11H2,(H,22,23)/t13-,17+/m1/s1. The van der Waals surface area contributed by atoms with Crippen molar-refractivity contribution in [3.63, 3.8) is 0 Å². The molecule has 0 aromatic heterocycles. The molecule has 2 fully saturated rings. The van der Waals surface area contributed by atoms with Crippen molar-refractivity contribution in [1.29, 1.82) is 0 Å². The fourth-order valence-electron chi connectivity index (χ4n) is 3.68. The minimum atomic E-state index is -0.983. The zero-order valence-corrected chi connectivity index (χ0v) is 12.8. The number of hydrogen-bond donors (Lipinski definition) is 2. The normalized spacial score (nSPS) is 27.1. The fourth-order valence-corrected chi connectivity index (χ4v) is 3.68. The summed E-state index contributed by atoms with van der Waals surface area (Å²) in [6.45, 7) is 1.30. The summed E-state index contributed by atoms with van der Waals surface area (Å²) in [4.78, 5) is 38.1. The predicted octanol–water partition coefficient (Wildman–Crippen LogP) is 0.925. The van der Waals surface area contributed by atoms with E-state index in [0.717, 1.165) is 13.0 Å². The maximum atomic E-state index is 12.5. The van der Waals surface area contributed by atoms with Gasteiger partial charge in [-0.05, 0) is 25.8 Å². The number of Topliss-reactive ketones (excluding diaryl/α,β-unsaturated/α-hetero) is 1. The summed E-state index contributed by atoms with van der Waals surface area (Å²) >= 11 is 0. The molecule has 3 rings (SSSR count). The average molecular weight is 316 g/mol. The van der Waals surface area contributed by atoms with Crippen LogP contribution in [-0.4, -0.2) is 53.3 Å². The van der Waals surface area contributed by atoms with E-state index in [1.54, 1.807) is 30.3 Å². The van der Waals surface area contributed by atoms with E-state index in [1.165, 1.54) is 4.90 Å². The van der Waals surface area contributed by atoms with E-state index < -0.39 is 23.1 Å². The maximum absolute atomic E-state index is 12.5. The van der Waals surface area contributed by atoms with Gasteiger partial charge in [-0.25, -0.2) is 0 Å². The fraction of sp³-hybridized carbons (Fsp3) is 0.471. The van der Waals surface area contributed by atoms with Crippen LogP contribution in [0.2, 0.25) is 0 Å². The molecule has 2 atom stereocenters. The molecule has 0 radical (unpaired) electrons. The summed E-state index contributed by atoms with van der Waals surface area (Å²) in [6.07, 6.45) is 1.85. The van der Waals surface area contributed by atoms with Crippen molar-refractivity contribution in [3.8, 4) is 0 Å². The smallest absolute Gasteiger partial charge is 0.313 e. The quantitative estimate of drug-likeness (QED) is 0.640. The summed E-state index contributed by atoms with van der Waals surface area (Å²) < 4.78 is 0. The predicted molar refractivity (Wildman–Crippen MR) is 83.1 cm³/mol. The summed E-state index contributed by atoms with van der Waals surface area (Å²) in [5, 5.41) is 13.0. The van der Waals surface area contributed by atoms with Crippen LogP contribution in [0.5, 0.6) is 0 Å². The molecule has 2 aliphatic heterocycles. The number of carbonyl (C=O) groups is 3. The molecule has 2 saturated heterocycles. The van der Waals surface area contributed by atoms with Gasteiger partial charge in [0.1, 0.15) is 5.41 Å². The number of carboxylic acid groups (broad SMARTS) is 1. The Morgan fingerprint density at radius 1 is 1.22 bits per heavy atom. The van der Waals surface area contributed by atoms with Crippen LogP contribution in [0.15, 0.2) is 30.3 Å². The lowest BCUT2D eigenvalue weighted by molar-refractivity contribution is -0.158. The Bertz CT molecular complexity index is 631. The van der Waals surface area contributed by atoms with E-state index in [2.05, 4.69) is 5.32 Å². The number of piperidine rings is 2. The minimum absolute atomic E-state index is 0.0946. The molecule has 23 heavy (non-hydrogen) atoms. The van der Waals surface area contributed by atoms with Crippen LogP contribution in [0, 0.1) is 5.41 Å². The number of aliphatic carboxylic acids is 1. The van der Waals surface area contributed by atoms with Gasteiger partial charge in [0, 0.05) is 24.7 Å². The Labute approximate surface area is 134 Å². The SMILES string of the molecule is O=C(C(=O)N1CC[C@H]2NCCC[C@]2(C(=O)O)C1)c1ccccc1. The molecule has 0 aliphatic carbocycles. The number of nitrogens with one attached hydrogen (secondary N) is 1. The average Bonchev–Trinajstić information content (AvgIpc) is 2.60. The molecular formula is C17H20N2O4. The van der Waals surface area contributed by atoms with E-state index in [0.29, 0.717) is 24.9 Å². The number of hydrogen-bond acceptors (Lipinski definition) is 4. The Hall–Kier alpha value is -2.21.